The average molecular weight is 291 g/mol. The Morgan fingerprint density at radius 2 is 2.00 bits per heavy atom. The molecule has 1 heterocycles. The van der Waals surface area contributed by atoms with Crippen LogP contribution in [0.4, 0.5) is 4.39 Å². The largest absolute Gasteiger partial charge is 0.410 e. The molecular weight excluding hydrogens is 281 g/mol. The number of oxime groups is 1. The Labute approximate surface area is 118 Å². The van der Waals surface area contributed by atoms with Gasteiger partial charge in [-0.15, -0.1) is 0 Å². The highest BCUT2D eigenvalue weighted by atomic mass is 32.2. The molecule has 0 radical (unpaired) electrons. The second kappa shape index (κ2) is 6.25. The van der Waals surface area contributed by atoms with Crippen LogP contribution in [0.2, 0.25) is 0 Å². The van der Waals surface area contributed by atoms with Crippen molar-refractivity contribution in [2.75, 3.05) is 6.26 Å². The van der Waals surface area contributed by atoms with Gasteiger partial charge in [0.1, 0.15) is 11.5 Å². The Morgan fingerprint density at radius 3 is 2.60 bits per heavy atom. The molecule has 0 bridgehead atoms. The van der Waals surface area contributed by atoms with E-state index in [1.54, 1.807) is 6.26 Å². The van der Waals surface area contributed by atoms with E-state index in [9.17, 15) is 9.18 Å². The van der Waals surface area contributed by atoms with E-state index >= 15 is 0 Å². The molecule has 0 aliphatic rings. The van der Waals surface area contributed by atoms with Gasteiger partial charge >= 0.3 is 0 Å². The quantitative estimate of drug-likeness (QED) is 0.234. The van der Waals surface area contributed by atoms with Crippen LogP contribution < -0.4 is 0 Å². The Kier molecular flexibility index (Phi) is 4.41. The summed E-state index contributed by atoms with van der Waals surface area (Å²) in [6.45, 7) is 0. The van der Waals surface area contributed by atoms with Crippen LogP contribution in [0.25, 0.3) is 0 Å². The molecule has 2 aromatic rings. The van der Waals surface area contributed by atoms with Crippen molar-refractivity contribution in [2.45, 2.75) is 5.16 Å². The van der Waals surface area contributed by atoms with Crippen LogP contribution in [0.5, 0.6) is 0 Å². The van der Waals surface area contributed by atoms with Crippen molar-refractivity contribution >= 4 is 23.3 Å². The summed E-state index contributed by atoms with van der Waals surface area (Å²) in [4.78, 5) is 20.3. The number of carbonyl (C=O) groups excluding carboxylic acids is 1. The van der Waals surface area contributed by atoms with Crippen LogP contribution in [0.15, 0.2) is 46.8 Å². The van der Waals surface area contributed by atoms with Gasteiger partial charge in [-0.2, -0.15) is 0 Å². The molecule has 0 saturated heterocycles. The number of carbonyl (C=O) groups is 1. The van der Waals surface area contributed by atoms with E-state index in [-0.39, 0.29) is 17.0 Å². The van der Waals surface area contributed by atoms with Crippen molar-refractivity contribution in [3.63, 3.8) is 0 Å². The first-order valence-corrected chi connectivity index (χ1v) is 6.78. The minimum atomic E-state index is -0.543. The van der Waals surface area contributed by atoms with Crippen LogP contribution in [-0.2, 0) is 0 Å². The Bertz CT molecular complexity index is 659. The van der Waals surface area contributed by atoms with E-state index in [1.165, 1.54) is 36.2 Å². The van der Waals surface area contributed by atoms with Crippen LogP contribution in [-0.4, -0.2) is 32.9 Å². The van der Waals surface area contributed by atoms with E-state index in [1.807, 2.05) is 0 Å². The van der Waals surface area contributed by atoms with Crippen molar-refractivity contribution in [1.82, 2.24) is 9.97 Å². The predicted molar refractivity (Wildman–Crippen MR) is 72.9 cm³/mol. The summed E-state index contributed by atoms with van der Waals surface area (Å²) in [5.41, 5.74) is 0.207. The lowest BCUT2D eigenvalue weighted by Crippen LogP contribution is -2.18. The molecule has 1 N–H and O–H groups in total. The molecule has 0 atom stereocenters. The number of aromatic nitrogens is 2. The highest BCUT2D eigenvalue weighted by Gasteiger charge is 2.19. The summed E-state index contributed by atoms with van der Waals surface area (Å²) in [6.07, 6.45) is 3.26. The summed E-state index contributed by atoms with van der Waals surface area (Å²) in [5.74, 6) is -0.992. The van der Waals surface area contributed by atoms with E-state index in [0.29, 0.717) is 5.16 Å². The molecule has 0 aliphatic heterocycles. The van der Waals surface area contributed by atoms with Gasteiger partial charge in [0.15, 0.2) is 10.9 Å². The van der Waals surface area contributed by atoms with E-state index in [0.717, 1.165) is 12.1 Å². The van der Waals surface area contributed by atoms with Crippen molar-refractivity contribution in [3.05, 3.63) is 53.6 Å². The van der Waals surface area contributed by atoms with Crippen molar-refractivity contribution < 1.29 is 14.4 Å². The molecule has 0 saturated carbocycles. The SMILES string of the molecule is CSc1nccc(/C(=N\O)C(=O)c2ccc(F)cc2)n1. The number of rotatable bonds is 4. The molecular formula is C13H10FN3O2S. The number of ketones is 1. The molecule has 1 aromatic heterocycles. The lowest BCUT2D eigenvalue weighted by Gasteiger charge is -2.04. The number of nitrogens with zero attached hydrogens (tertiary/aromatic N) is 3. The van der Waals surface area contributed by atoms with Crippen LogP contribution in [0.3, 0.4) is 0 Å². The number of thioether (sulfide) groups is 1. The van der Waals surface area contributed by atoms with Gasteiger partial charge in [0.2, 0.25) is 5.78 Å². The molecule has 0 fully saturated rings. The molecule has 1 aromatic carbocycles. The fourth-order valence-corrected chi connectivity index (χ4v) is 1.88. The Hall–Kier alpha value is -2.28. The molecule has 0 spiro atoms. The second-order valence-electron chi connectivity index (χ2n) is 3.71. The molecule has 0 unspecified atom stereocenters. The van der Waals surface area contributed by atoms with Gasteiger partial charge in [-0.25, -0.2) is 14.4 Å². The third-order valence-corrected chi connectivity index (χ3v) is 3.04. The normalized spacial score (nSPS) is 11.4. The van der Waals surface area contributed by atoms with Gasteiger partial charge in [-0.05, 0) is 36.6 Å². The predicted octanol–water partition coefficient (Wildman–Crippen LogP) is 2.40. The van der Waals surface area contributed by atoms with E-state index < -0.39 is 11.6 Å². The van der Waals surface area contributed by atoms with Gasteiger partial charge < -0.3 is 5.21 Å². The van der Waals surface area contributed by atoms with Gasteiger partial charge in [0.25, 0.3) is 0 Å². The summed E-state index contributed by atoms with van der Waals surface area (Å²) >= 11 is 1.30. The third kappa shape index (κ3) is 3.00. The molecule has 2 rings (SSSR count). The Morgan fingerprint density at radius 1 is 1.30 bits per heavy atom. The maximum atomic E-state index is 12.8. The maximum Gasteiger partial charge on any atom is 0.216 e. The van der Waals surface area contributed by atoms with E-state index in [2.05, 4.69) is 15.1 Å². The number of Topliss-reactive ketones (excluding diaryl/α,β-unsaturated/α-hetero) is 1. The molecule has 0 aliphatic carbocycles. The minimum Gasteiger partial charge on any atom is -0.410 e. The fourth-order valence-electron chi connectivity index (χ4n) is 1.52. The molecule has 0 amide bonds. The van der Waals surface area contributed by atoms with Gasteiger partial charge in [-0.1, -0.05) is 16.9 Å². The standard InChI is InChI=1S/C13H10FN3O2S/c1-20-13-15-7-6-10(16-13)11(17-19)12(18)8-2-4-9(14)5-3-8/h2-7,19H,1H3/b17-11+. The van der Waals surface area contributed by atoms with Crippen molar-refractivity contribution in [2.24, 2.45) is 5.16 Å². The van der Waals surface area contributed by atoms with Crippen LogP contribution in [0, 0.1) is 5.82 Å². The van der Waals surface area contributed by atoms with Crippen molar-refractivity contribution in [3.8, 4) is 0 Å². The molecule has 5 nitrogen and oxygen atoms in total. The third-order valence-electron chi connectivity index (χ3n) is 2.48. The first kappa shape index (κ1) is 14.1. The maximum absolute atomic E-state index is 12.8. The summed E-state index contributed by atoms with van der Waals surface area (Å²) < 4.78 is 12.8. The van der Waals surface area contributed by atoms with Crippen molar-refractivity contribution in [1.29, 1.82) is 0 Å². The van der Waals surface area contributed by atoms with Gasteiger partial charge in [0.05, 0.1) is 0 Å². The average Bonchev–Trinajstić information content (AvgIpc) is 2.49. The lowest BCUT2D eigenvalue weighted by atomic mass is 10.0. The van der Waals surface area contributed by atoms with Gasteiger partial charge in [-0.3, -0.25) is 4.79 Å². The number of benzene rings is 1. The first-order chi connectivity index (χ1) is 9.65. The highest BCUT2D eigenvalue weighted by Crippen LogP contribution is 2.12. The monoisotopic (exact) mass is 291 g/mol. The zero-order valence-electron chi connectivity index (χ0n) is 10.4. The highest BCUT2D eigenvalue weighted by molar-refractivity contribution is 7.98. The molecule has 102 valence electrons. The Balaban J connectivity index is 2.37. The fraction of sp³-hybridized carbons (Fsp3) is 0.0769. The number of hydrogen-bond donors (Lipinski definition) is 1. The van der Waals surface area contributed by atoms with E-state index in [4.69, 9.17) is 5.21 Å². The number of halogens is 1. The zero-order chi connectivity index (χ0) is 14.5. The smallest absolute Gasteiger partial charge is 0.216 e. The molecule has 20 heavy (non-hydrogen) atoms. The second-order valence-corrected chi connectivity index (χ2v) is 4.49. The number of hydrogen-bond acceptors (Lipinski definition) is 6. The van der Waals surface area contributed by atoms with Gasteiger partial charge in [0, 0.05) is 11.8 Å². The minimum absolute atomic E-state index is 0.209. The summed E-state index contributed by atoms with van der Waals surface area (Å²) in [7, 11) is 0. The molecule has 7 heteroatoms. The lowest BCUT2D eigenvalue weighted by molar-refractivity contribution is 0.106. The van der Waals surface area contributed by atoms with Crippen LogP contribution >= 0.6 is 11.8 Å². The topological polar surface area (TPSA) is 75.4 Å². The first-order valence-electron chi connectivity index (χ1n) is 5.55. The summed E-state index contributed by atoms with van der Waals surface area (Å²) in [5, 5.41) is 12.5. The summed E-state index contributed by atoms with van der Waals surface area (Å²) in [6, 6.07) is 6.43. The zero-order valence-corrected chi connectivity index (χ0v) is 11.3. The van der Waals surface area contributed by atoms with Crippen LogP contribution in [0.1, 0.15) is 16.1 Å².